The molecule has 1 aromatic carbocycles. The molecule has 3 aromatic heterocycles. The van der Waals surface area contributed by atoms with Crippen LogP contribution in [0.1, 0.15) is 24.5 Å². The Bertz CT molecular complexity index is 1220. The van der Waals surface area contributed by atoms with Crippen LogP contribution in [0.5, 0.6) is 0 Å². The second-order valence-electron chi connectivity index (χ2n) is 7.28. The summed E-state index contributed by atoms with van der Waals surface area (Å²) in [5, 5.41) is 5.40. The molecule has 0 amide bonds. The third-order valence-corrected chi connectivity index (χ3v) is 5.45. The average Bonchev–Trinajstić information content (AvgIpc) is 3.20. The van der Waals surface area contributed by atoms with Gasteiger partial charge < -0.3 is 9.42 Å². The topological polar surface area (TPSA) is 89.9 Å². The van der Waals surface area contributed by atoms with Crippen LogP contribution in [0.4, 0.5) is 5.95 Å². The highest BCUT2D eigenvalue weighted by atomic mass is 16.5. The standard InChI is InChI=1S/C21H20N6O2/c1-26-19(28)11-17(16-8-9-22-13-23-16)24-21(26)27-10-4-5-14(12-27)20-15-6-2-3-7-18(15)29-25-20/h2-3,6-9,11,13-14H,4-5,10,12H2,1H3. The Morgan fingerprint density at radius 1 is 1.17 bits per heavy atom. The van der Waals surface area contributed by atoms with Gasteiger partial charge >= 0.3 is 0 Å². The van der Waals surface area contributed by atoms with E-state index in [2.05, 4.69) is 20.0 Å². The van der Waals surface area contributed by atoms with Crippen LogP contribution in [-0.4, -0.2) is 37.8 Å². The van der Waals surface area contributed by atoms with E-state index < -0.39 is 0 Å². The number of aromatic nitrogens is 5. The van der Waals surface area contributed by atoms with Crippen LogP contribution in [0.3, 0.4) is 0 Å². The molecule has 1 atom stereocenters. The Balaban J connectivity index is 1.51. The zero-order chi connectivity index (χ0) is 19.8. The number of rotatable bonds is 3. The second kappa shape index (κ2) is 7.12. The van der Waals surface area contributed by atoms with Gasteiger partial charge in [0.15, 0.2) is 5.58 Å². The molecule has 1 unspecified atom stereocenters. The largest absolute Gasteiger partial charge is 0.356 e. The lowest BCUT2D eigenvalue weighted by atomic mass is 9.93. The van der Waals surface area contributed by atoms with E-state index in [1.54, 1.807) is 23.9 Å². The van der Waals surface area contributed by atoms with Gasteiger partial charge in [-0.15, -0.1) is 0 Å². The molecule has 0 N–H and O–H groups in total. The SMILES string of the molecule is Cn1c(N2CCCC(c3noc4ccccc34)C2)nc(-c2ccncn2)cc1=O. The number of nitrogens with zero attached hydrogens (tertiary/aromatic N) is 6. The van der Waals surface area contributed by atoms with E-state index in [4.69, 9.17) is 9.51 Å². The van der Waals surface area contributed by atoms with Crippen molar-refractivity contribution in [1.29, 1.82) is 0 Å². The summed E-state index contributed by atoms with van der Waals surface area (Å²) in [4.78, 5) is 27.7. The van der Waals surface area contributed by atoms with Crippen LogP contribution in [0.2, 0.25) is 0 Å². The highest BCUT2D eigenvalue weighted by Gasteiger charge is 2.28. The lowest BCUT2D eigenvalue weighted by molar-refractivity contribution is 0.417. The van der Waals surface area contributed by atoms with E-state index in [0.717, 1.165) is 42.6 Å². The molecule has 1 saturated heterocycles. The summed E-state index contributed by atoms with van der Waals surface area (Å²) in [5.74, 6) is 0.857. The van der Waals surface area contributed by atoms with Gasteiger partial charge in [0.25, 0.3) is 5.56 Å². The molecule has 1 aliphatic heterocycles. The van der Waals surface area contributed by atoms with Crippen molar-refractivity contribution in [3.8, 4) is 11.4 Å². The molecule has 0 bridgehead atoms. The Morgan fingerprint density at radius 3 is 2.93 bits per heavy atom. The van der Waals surface area contributed by atoms with Gasteiger partial charge in [-0.3, -0.25) is 9.36 Å². The quantitative estimate of drug-likeness (QED) is 0.533. The van der Waals surface area contributed by atoms with Crippen molar-refractivity contribution in [2.45, 2.75) is 18.8 Å². The predicted molar refractivity (Wildman–Crippen MR) is 109 cm³/mol. The van der Waals surface area contributed by atoms with Gasteiger partial charge in [-0.1, -0.05) is 17.3 Å². The predicted octanol–water partition coefficient (Wildman–Crippen LogP) is 2.76. The number of anilines is 1. The summed E-state index contributed by atoms with van der Waals surface area (Å²) in [6.07, 6.45) is 5.11. The third-order valence-electron chi connectivity index (χ3n) is 5.45. The van der Waals surface area contributed by atoms with Gasteiger partial charge in [-0.2, -0.15) is 0 Å². The summed E-state index contributed by atoms with van der Waals surface area (Å²) in [7, 11) is 1.75. The molecule has 4 heterocycles. The van der Waals surface area contributed by atoms with Gasteiger partial charge in [-0.25, -0.2) is 15.0 Å². The van der Waals surface area contributed by atoms with Crippen molar-refractivity contribution in [3.63, 3.8) is 0 Å². The lowest BCUT2D eigenvalue weighted by Gasteiger charge is -2.33. The number of benzene rings is 1. The van der Waals surface area contributed by atoms with Crippen molar-refractivity contribution in [2.75, 3.05) is 18.0 Å². The van der Waals surface area contributed by atoms with E-state index in [1.807, 2.05) is 24.3 Å². The first kappa shape index (κ1) is 17.5. The van der Waals surface area contributed by atoms with Gasteiger partial charge in [0.05, 0.1) is 17.1 Å². The lowest BCUT2D eigenvalue weighted by Crippen LogP contribution is -2.38. The minimum Gasteiger partial charge on any atom is -0.356 e. The van der Waals surface area contributed by atoms with Gasteiger partial charge in [-0.05, 0) is 31.0 Å². The van der Waals surface area contributed by atoms with Crippen molar-refractivity contribution in [2.24, 2.45) is 7.05 Å². The molecule has 1 fully saturated rings. The van der Waals surface area contributed by atoms with Crippen LogP contribution in [0.25, 0.3) is 22.4 Å². The molecule has 5 rings (SSSR count). The fourth-order valence-electron chi connectivity index (χ4n) is 3.97. The molecular formula is C21H20N6O2. The number of para-hydroxylation sites is 1. The first-order valence-corrected chi connectivity index (χ1v) is 9.64. The fraction of sp³-hybridized carbons (Fsp3) is 0.286. The second-order valence-corrected chi connectivity index (χ2v) is 7.28. The van der Waals surface area contributed by atoms with Crippen LogP contribution in [0.15, 0.2) is 58.2 Å². The van der Waals surface area contributed by atoms with E-state index in [-0.39, 0.29) is 11.5 Å². The number of hydrogen-bond acceptors (Lipinski definition) is 7. The zero-order valence-corrected chi connectivity index (χ0v) is 16.0. The Hall–Kier alpha value is -3.55. The Kier molecular flexibility index (Phi) is 4.31. The van der Waals surface area contributed by atoms with Crippen LogP contribution in [0, 0.1) is 0 Å². The van der Waals surface area contributed by atoms with Crippen LogP contribution < -0.4 is 10.5 Å². The molecule has 8 heteroatoms. The maximum absolute atomic E-state index is 12.6. The monoisotopic (exact) mass is 388 g/mol. The number of hydrogen-bond donors (Lipinski definition) is 0. The van der Waals surface area contributed by atoms with Gasteiger partial charge in [0.1, 0.15) is 6.33 Å². The van der Waals surface area contributed by atoms with Gasteiger partial charge in [0.2, 0.25) is 5.95 Å². The van der Waals surface area contributed by atoms with Gasteiger partial charge in [0, 0.05) is 43.7 Å². The molecule has 0 radical (unpaired) electrons. The van der Waals surface area contributed by atoms with Crippen LogP contribution in [-0.2, 0) is 7.05 Å². The minimum absolute atomic E-state index is 0.113. The smallest absolute Gasteiger partial charge is 0.255 e. The summed E-state index contributed by atoms with van der Waals surface area (Å²) in [6, 6.07) is 11.2. The molecule has 0 saturated carbocycles. The minimum atomic E-state index is -0.113. The zero-order valence-electron chi connectivity index (χ0n) is 16.0. The first-order valence-electron chi connectivity index (χ1n) is 9.64. The molecule has 29 heavy (non-hydrogen) atoms. The molecule has 1 aliphatic rings. The molecule has 0 aliphatic carbocycles. The number of piperidine rings is 1. The highest BCUT2D eigenvalue weighted by Crippen LogP contribution is 2.33. The highest BCUT2D eigenvalue weighted by molar-refractivity contribution is 5.79. The van der Waals surface area contributed by atoms with E-state index >= 15 is 0 Å². The first-order chi connectivity index (χ1) is 14.2. The molecule has 146 valence electrons. The van der Waals surface area contributed by atoms with Crippen molar-refractivity contribution >= 4 is 16.9 Å². The fourth-order valence-corrected chi connectivity index (χ4v) is 3.97. The molecule has 4 aromatic rings. The van der Waals surface area contributed by atoms with Crippen molar-refractivity contribution in [1.82, 2.24) is 24.7 Å². The van der Waals surface area contributed by atoms with E-state index in [9.17, 15) is 4.79 Å². The Morgan fingerprint density at radius 2 is 2.07 bits per heavy atom. The van der Waals surface area contributed by atoms with E-state index in [1.165, 1.54) is 12.4 Å². The average molecular weight is 388 g/mol. The molecular weight excluding hydrogens is 368 g/mol. The summed E-state index contributed by atoms with van der Waals surface area (Å²) < 4.78 is 7.10. The maximum atomic E-state index is 12.6. The van der Waals surface area contributed by atoms with Crippen molar-refractivity contribution in [3.05, 3.63) is 65.0 Å². The summed E-state index contributed by atoms with van der Waals surface area (Å²) >= 11 is 0. The number of fused-ring (bicyclic) bond motifs is 1. The third kappa shape index (κ3) is 3.16. The normalized spacial score (nSPS) is 17.0. The van der Waals surface area contributed by atoms with E-state index in [0.29, 0.717) is 17.3 Å². The van der Waals surface area contributed by atoms with Crippen LogP contribution >= 0.6 is 0 Å². The summed E-state index contributed by atoms with van der Waals surface area (Å²) in [5.41, 5.74) is 2.85. The Labute approximate surface area is 166 Å². The summed E-state index contributed by atoms with van der Waals surface area (Å²) in [6.45, 7) is 1.56. The molecule has 8 nitrogen and oxygen atoms in total. The maximum Gasteiger partial charge on any atom is 0.255 e. The van der Waals surface area contributed by atoms with Crippen molar-refractivity contribution < 1.29 is 4.52 Å². The molecule has 0 spiro atoms.